The van der Waals surface area contributed by atoms with Gasteiger partial charge >= 0.3 is 11.9 Å². The average Bonchev–Trinajstić information content (AvgIpc) is 2.55. The van der Waals surface area contributed by atoms with E-state index in [0.717, 1.165) is 19.4 Å². The second-order valence-electron chi connectivity index (χ2n) is 5.66. The fraction of sp³-hybridized carbons (Fsp3) is 0.529. The van der Waals surface area contributed by atoms with E-state index in [1.165, 1.54) is 0 Å². The highest BCUT2D eigenvalue weighted by molar-refractivity contribution is 5.67. The fourth-order valence-corrected chi connectivity index (χ4v) is 2.53. The van der Waals surface area contributed by atoms with Crippen LogP contribution < -0.4 is 0 Å². The Morgan fingerprint density at radius 1 is 1.12 bits per heavy atom. The number of carbonyl (C=O) groups is 2. The molecule has 1 aromatic rings. The smallest absolute Gasteiger partial charge is 0.303 e. The first kappa shape index (κ1) is 19.3. The second kappa shape index (κ2) is 8.89. The Balaban J connectivity index is 1.99. The van der Waals surface area contributed by atoms with E-state index in [4.69, 9.17) is 18.9 Å². The third kappa shape index (κ3) is 5.48. The van der Waals surface area contributed by atoms with Gasteiger partial charge in [-0.05, 0) is 5.56 Å². The number of esters is 2. The van der Waals surface area contributed by atoms with E-state index in [-0.39, 0.29) is 13.2 Å². The van der Waals surface area contributed by atoms with Crippen LogP contribution in [-0.4, -0.2) is 54.4 Å². The molecule has 1 fully saturated rings. The van der Waals surface area contributed by atoms with Gasteiger partial charge in [0.2, 0.25) is 0 Å². The van der Waals surface area contributed by atoms with Gasteiger partial charge in [-0.25, -0.2) is 4.39 Å². The van der Waals surface area contributed by atoms with Crippen molar-refractivity contribution in [1.29, 1.82) is 0 Å². The summed E-state index contributed by atoms with van der Waals surface area (Å²) in [7, 11) is 0. The highest BCUT2D eigenvalue weighted by atomic mass is 19.1. The van der Waals surface area contributed by atoms with Gasteiger partial charge in [-0.1, -0.05) is 30.3 Å². The third-order valence-corrected chi connectivity index (χ3v) is 3.59. The molecule has 1 N–H and O–H groups in total. The van der Waals surface area contributed by atoms with Crippen LogP contribution in [0.4, 0.5) is 4.39 Å². The van der Waals surface area contributed by atoms with Crippen molar-refractivity contribution in [3.63, 3.8) is 0 Å². The van der Waals surface area contributed by atoms with E-state index in [1.54, 1.807) is 0 Å². The molecule has 0 radical (unpaired) electrons. The van der Waals surface area contributed by atoms with Crippen molar-refractivity contribution < 1.29 is 38.0 Å². The van der Waals surface area contributed by atoms with E-state index in [0.29, 0.717) is 0 Å². The molecule has 0 spiro atoms. The number of aliphatic hydroxyl groups is 1. The lowest BCUT2D eigenvalue weighted by molar-refractivity contribution is -0.284. The molecular weight excluding hydrogens is 335 g/mol. The normalized spacial score (nSPS) is 29.0. The molecule has 7 nitrogen and oxygen atoms in total. The number of benzene rings is 1. The van der Waals surface area contributed by atoms with Gasteiger partial charge < -0.3 is 24.1 Å². The van der Waals surface area contributed by atoms with Crippen LogP contribution >= 0.6 is 0 Å². The zero-order chi connectivity index (χ0) is 18.4. The maximum Gasteiger partial charge on any atom is 0.303 e. The Kier molecular flexibility index (Phi) is 6.86. The van der Waals surface area contributed by atoms with Crippen LogP contribution in [0.15, 0.2) is 30.3 Å². The zero-order valence-corrected chi connectivity index (χ0v) is 14.0. The fourth-order valence-electron chi connectivity index (χ4n) is 2.53. The number of hydrogen-bond donors (Lipinski definition) is 1. The van der Waals surface area contributed by atoms with Crippen molar-refractivity contribution in [2.24, 2.45) is 0 Å². The van der Waals surface area contributed by atoms with Crippen molar-refractivity contribution in [2.45, 2.75) is 51.2 Å². The predicted molar refractivity (Wildman–Crippen MR) is 83.0 cm³/mol. The van der Waals surface area contributed by atoms with Crippen LogP contribution in [0.1, 0.15) is 19.4 Å². The standard InChI is InChI=1S/C17H21FO7/c1-10(19)23-15-14(18)13(25-17(21)16(15)24-11(2)20)9-22-8-12-6-4-3-5-7-12/h3-7,13-17,21H,8-9H2,1-2H3/t13-,14+,15+,16+,17?/m1/s1. The third-order valence-electron chi connectivity index (χ3n) is 3.59. The molecule has 1 aromatic carbocycles. The Hall–Kier alpha value is -2.03. The van der Waals surface area contributed by atoms with Crippen LogP contribution in [0.3, 0.4) is 0 Å². The summed E-state index contributed by atoms with van der Waals surface area (Å²) in [5, 5.41) is 9.99. The quantitative estimate of drug-likeness (QED) is 0.764. The summed E-state index contributed by atoms with van der Waals surface area (Å²) < 4.78 is 35.0. The minimum atomic E-state index is -1.83. The molecule has 0 saturated carbocycles. The van der Waals surface area contributed by atoms with Crippen molar-refractivity contribution in [3.8, 4) is 0 Å². The Bertz CT molecular complexity index is 580. The topological polar surface area (TPSA) is 91.3 Å². The molecule has 1 unspecified atom stereocenters. The lowest BCUT2D eigenvalue weighted by Gasteiger charge is -2.40. The van der Waals surface area contributed by atoms with Gasteiger partial charge in [0.15, 0.2) is 24.7 Å². The molecule has 1 aliphatic rings. The Morgan fingerprint density at radius 3 is 2.32 bits per heavy atom. The monoisotopic (exact) mass is 356 g/mol. The van der Waals surface area contributed by atoms with Gasteiger partial charge in [0.05, 0.1) is 13.2 Å². The molecule has 1 heterocycles. The average molecular weight is 356 g/mol. The van der Waals surface area contributed by atoms with E-state index >= 15 is 0 Å². The summed E-state index contributed by atoms with van der Waals surface area (Å²) in [5.74, 6) is -1.52. The first-order valence-electron chi connectivity index (χ1n) is 7.82. The first-order valence-corrected chi connectivity index (χ1v) is 7.82. The molecule has 25 heavy (non-hydrogen) atoms. The largest absolute Gasteiger partial charge is 0.455 e. The van der Waals surface area contributed by atoms with Gasteiger partial charge in [-0.3, -0.25) is 9.59 Å². The lowest BCUT2D eigenvalue weighted by atomic mass is 10.00. The molecule has 0 aromatic heterocycles. The van der Waals surface area contributed by atoms with Gasteiger partial charge in [-0.2, -0.15) is 0 Å². The lowest BCUT2D eigenvalue weighted by Crippen LogP contribution is -2.59. The summed E-state index contributed by atoms with van der Waals surface area (Å²) in [6.45, 7) is 2.26. The van der Waals surface area contributed by atoms with Crippen molar-refractivity contribution in [2.75, 3.05) is 6.61 Å². The molecule has 0 bridgehead atoms. The number of carbonyl (C=O) groups excluding carboxylic acids is 2. The highest BCUT2D eigenvalue weighted by Crippen LogP contribution is 2.28. The summed E-state index contributed by atoms with van der Waals surface area (Å²) in [6.07, 6.45) is -7.55. The molecule has 138 valence electrons. The van der Waals surface area contributed by atoms with E-state index in [2.05, 4.69) is 0 Å². The van der Waals surface area contributed by atoms with E-state index in [1.807, 2.05) is 30.3 Å². The van der Waals surface area contributed by atoms with Gasteiger partial charge in [0.1, 0.15) is 6.10 Å². The molecule has 8 heteroatoms. The number of halogens is 1. The van der Waals surface area contributed by atoms with E-state index in [9.17, 15) is 19.1 Å². The van der Waals surface area contributed by atoms with Gasteiger partial charge in [0, 0.05) is 13.8 Å². The van der Waals surface area contributed by atoms with Crippen molar-refractivity contribution in [1.82, 2.24) is 0 Å². The maximum absolute atomic E-state index is 14.7. The SMILES string of the molecule is CC(=O)O[C@H]1[C@@H](F)[C@@H](COCc2ccccc2)OC(O)[C@H]1OC(C)=O. The first-order chi connectivity index (χ1) is 11.9. The summed E-state index contributed by atoms with van der Waals surface area (Å²) in [4.78, 5) is 22.3. The van der Waals surface area contributed by atoms with Gasteiger partial charge in [-0.15, -0.1) is 0 Å². The van der Waals surface area contributed by atoms with Crippen LogP contribution in [0.25, 0.3) is 0 Å². The molecular formula is C17H21FO7. The minimum absolute atomic E-state index is 0.169. The number of hydrogen-bond acceptors (Lipinski definition) is 7. The highest BCUT2D eigenvalue weighted by Gasteiger charge is 2.50. The summed E-state index contributed by atoms with van der Waals surface area (Å²) in [6, 6.07) is 9.25. The minimum Gasteiger partial charge on any atom is -0.455 e. The molecule has 1 aliphatic heterocycles. The predicted octanol–water partition coefficient (Wildman–Crippen LogP) is 1.12. The summed E-state index contributed by atoms with van der Waals surface area (Å²) >= 11 is 0. The Labute approximate surface area is 144 Å². The number of ether oxygens (including phenoxy) is 4. The van der Waals surface area contributed by atoms with Crippen molar-refractivity contribution >= 4 is 11.9 Å². The molecule has 0 amide bonds. The zero-order valence-electron chi connectivity index (χ0n) is 14.0. The molecule has 5 atom stereocenters. The number of alkyl halides is 1. The van der Waals surface area contributed by atoms with Crippen LogP contribution in [-0.2, 0) is 35.1 Å². The molecule has 2 rings (SSSR count). The Morgan fingerprint density at radius 2 is 1.72 bits per heavy atom. The van der Waals surface area contributed by atoms with Gasteiger partial charge in [0.25, 0.3) is 0 Å². The van der Waals surface area contributed by atoms with Crippen LogP contribution in [0.5, 0.6) is 0 Å². The molecule has 0 aliphatic carbocycles. The number of aliphatic hydroxyl groups excluding tert-OH is 1. The maximum atomic E-state index is 14.7. The van der Waals surface area contributed by atoms with E-state index < -0.39 is 42.7 Å². The van der Waals surface area contributed by atoms with Crippen molar-refractivity contribution in [3.05, 3.63) is 35.9 Å². The van der Waals surface area contributed by atoms with Crippen LogP contribution in [0.2, 0.25) is 0 Å². The number of rotatable bonds is 6. The summed E-state index contributed by atoms with van der Waals surface area (Å²) in [5.41, 5.74) is 0.892. The second-order valence-corrected chi connectivity index (χ2v) is 5.66. The molecule has 1 saturated heterocycles. The van der Waals surface area contributed by atoms with Crippen LogP contribution in [0, 0.1) is 0 Å².